The third-order valence-electron chi connectivity index (χ3n) is 1.72. The van der Waals surface area contributed by atoms with E-state index < -0.39 is 0 Å². The Labute approximate surface area is 76.9 Å². The first-order valence-corrected chi connectivity index (χ1v) is 4.22. The van der Waals surface area contributed by atoms with Crippen molar-refractivity contribution in [3.05, 3.63) is 18.0 Å². The van der Waals surface area contributed by atoms with Crippen molar-refractivity contribution in [2.24, 2.45) is 12.8 Å². The topological polar surface area (TPSA) is 72.9 Å². The van der Waals surface area contributed by atoms with E-state index in [1.165, 1.54) is 4.68 Å². The molecule has 1 aromatic rings. The molecule has 1 heterocycles. The van der Waals surface area contributed by atoms with E-state index in [1.807, 2.05) is 0 Å². The lowest BCUT2D eigenvalue weighted by Gasteiger charge is -2.03. The summed E-state index contributed by atoms with van der Waals surface area (Å²) in [6.45, 7) is 1.20. The molecular weight excluding hydrogens is 168 g/mol. The maximum atomic E-state index is 11.4. The fraction of sp³-hybridized carbons (Fsp3) is 0.500. The standard InChI is InChI=1S/C8H14N4O/c1-12-7(3-6-11-12)8(13)10-5-2-4-9/h3,6H,2,4-5,9H2,1H3,(H,10,13). The monoisotopic (exact) mass is 182 g/mol. The Morgan fingerprint density at radius 1 is 1.77 bits per heavy atom. The van der Waals surface area contributed by atoms with E-state index in [2.05, 4.69) is 10.4 Å². The van der Waals surface area contributed by atoms with Crippen LogP contribution in [0.5, 0.6) is 0 Å². The summed E-state index contributed by atoms with van der Waals surface area (Å²) in [6, 6.07) is 1.68. The molecule has 0 aromatic carbocycles. The summed E-state index contributed by atoms with van der Waals surface area (Å²) in [5.41, 5.74) is 5.86. The fourth-order valence-electron chi connectivity index (χ4n) is 0.991. The summed E-state index contributed by atoms with van der Waals surface area (Å²) >= 11 is 0. The molecule has 0 bridgehead atoms. The summed E-state index contributed by atoms with van der Waals surface area (Å²) in [4.78, 5) is 11.4. The Kier molecular flexibility index (Phi) is 3.45. The molecule has 72 valence electrons. The van der Waals surface area contributed by atoms with Gasteiger partial charge in [-0.2, -0.15) is 5.10 Å². The highest BCUT2D eigenvalue weighted by Crippen LogP contribution is 1.94. The van der Waals surface area contributed by atoms with Crippen LogP contribution >= 0.6 is 0 Å². The number of nitrogens with zero attached hydrogens (tertiary/aromatic N) is 2. The molecule has 13 heavy (non-hydrogen) atoms. The van der Waals surface area contributed by atoms with E-state index >= 15 is 0 Å². The van der Waals surface area contributed by atoms with Crippen LogP contribution in [0, 0.1) is 0 Å². The number of aryl methyl sites for hydroxylation is 1. The molecular formula is C8H14N4O. The van der Waals surface area contributed by atoms with Crippen molar-refractivity contribution in [1.82, 2.24) is 15.1 Å². The second-order valence-corrected chi connectivity index (χ2v) is 2.74. The molecule has 0 fully saturated rings. The number of hydrogen-bond donors (Lipinski definition) is 2. The van der Waals surface area contributed by atoms with Gasteiger partial charge in [0, 0.05) is 19.8 Å². The third kappa shape index (κ3) is 2.55. The van der Waals surface area contributed by atoms with Gasteiger partial charge < -0.3 is 11.1 Å². The highest BCUT2D eigenvalue weighted by Gasteiger charge is 2.07. The van der Waals surface area contributed by atoms with Crippen LogP contribution in [-0.2, 0) is 7.05 Å². The fourth-order valence-corrected chi connectivity index (χ4v) is 0.991. The smallest absolute Gasteiger partial charge is 0.269 e. The Morgan fingerprint density at radius 2 is 2.54 bits per heavy atom. The zero-order valence-electron chi connectivity index (χ0n) is 7.66. The Hall–Kier alpha value is -1.36. The molecule has 5 heteroatoms. The molecule has 1 aromatic heterocycles. The van der Waals surface area contributed by atoms with Gasteiger partial charge in [-0.25, -0.2) is 0 Å². The number of amides is 1. The summed E-state index contributed by atoms with van der Waals surface area (Å²) in [6.07, 6.45) is 2.39. The van der Waals surface area contributed by atoms with Crippen molar-refractivity contribution in [1.29, 1.82) is 0 Å². The van der Waals surface area contributed by atoms with Crippen molar-refractivity contribution < 1.29 is 4.79 Å². The van der Waals surface area contributed by atoms with Gasteiger partial charge in [-0.15, -0.1) is 0 Å². The Morgan fingerprint density at radius 3 is 3.08 bits per heavy atom. The van der Waals surface area contributed by atoms with Gasteiger partial charge in [0.05, 0.1) is 0 Å². The number of aromatic nitrogens is 2. The van der Waals surface area contributed by atoms with Gasteiger partial charge in [0.15, 0.2) is 0 Å². The zero-order chi connectivity index (χ0) is 9.68. The lowest BCUT2D eigenvalue weighted by atomic mass is 10.3. The highest BCUT2D eigenvalue weighted by atomic mass is 16.2. The van der Waals surface area contributed by atoms with Gasteiger partial charge in [0.2, 0.25) is 0 Å². The van der Waals surface area contributed by atoms with E-state index in [0.717, 1.165) is 6.42 Å². The highest BCUT2D eigenvalue weighted by molar-refractivity contribution is 5.92. The molecule has 0 aliphatic carbocycles. The van der Waals surface area contributed by atoms with Crippen LogP contribution in [0.25, 0.3) is 0 Å². The van der Waals surface area contributed by atoms with Crippen LogP contribution in [0.3, 0.4) is 0 Å². The minimum atomic E-state index is -0.103. The van der Waals surface area contributed by atoms with Crippen molar-refractivity contribution in [2.75, 3.05) is 13.1 Å². The molecule has 1 rings (SSSR count). The largest absolute Gasteiger partial charge is 0.351 e. The number of hydrogen-bond acceptors (Lipinski definition) is 3. The lowest BCUT2D eigenvalue weighted by Crippen LogP contribution is -2.27. The van der Waals surface area contributed by atoms with Crippen molar-refractivity contribution in [3.8, 4) is 0 Å². The first-order valence-electron chi connectivity index (χ1n) is 4.22. The SMILES string of the molecule is Cn1nccc1C(=O)NCCCN. The van der Waals surface area contributed by atoms with E-state index in [-0.39, 0.29) is 5.91 Å². The van der Waals surface area contributed by atoms with E-state index in [4.69, 9.17) is 5.73 Å². The van der Waals surface area contributed by atoms with Gasteiger partial charge >= 0.3 is 0 Å². The maximum Gasteiger partial charge on any atom is 0.269 e. The number of rotatable bonds is 4. The third-order valence-corrected chi connectivity index (χ3v) is 1.72. The van der Waals surface area contributed by atoms with Crippen LogP contribution in [-0.4, -0.2) is 28.8 Å². The Balaban J connectivity index is 2.45. The van der Waals surface area contributed by atoms with Gasteiger partial charge in [-0.1, -0.05) is 0 Å². The number of carbonyl (C=O) groups excluding carboxylic acids is 1. The number of nitrogens with two attached hydrogens (primary N) is 1. The minimum Gasteiger partial charge on any atom is -0.351 e. The van der Waals surface area contributed by atoms with Crippen LogP contribution in [0.15, 0.2) is 12.3 Å². The van der Waals surface area contributed by atoms with Crippen molar-refractivity contribution >= 4 is 5.91 Å². The maximum absolute atomic E-state index is 11.4. The van der Waals surface area contributed by atoms with Crippen LogP contribution in [0.2, 0.25) is 0 Å². The lowest BCUT2D eigenvalue weighted by molar-refractivity contribution is 0.0944. The quantitative estimate of drug-likeness (QED) is 0.616. The average molecular weight is 182 g/mol. The molecule has 0 aliphatic heterocycles. The second-order valence-electron chi connectivity index (χ2n) is 2.74. The first-order chi connectivity index (χ1) is 6.25. The molecule has 0 spiro atoms. The Bertz CT molecular complexity index is 281. The predicted octanol–water partition coefficient (Wildman–Crippen LogP) is -0.501. The number of carbonyl (C=O) groups is 1. The minimum absolute atomic E-state index is 0.103. The molecule has 0 radical (unpaired) electrons. The molecule has 1 amide bonds. The first kappa shape index (κ1) is 9.73. The molecule has 3 N–H and O–H groups in total. The van der Waals surface area contributed by atoms with Gasteiger partial charge in [-0.05, 0) is 19.0 Å². The second kappa shape index (κ2) is 4.61. The molecule has 0 aliphatic rings. The average Bonchev–Trinajstić information content (AvgIpc) is 2.52. The normalized spacial score (nSPS) is 10.0. The van der Waals surface area contributed by atoms with Crippen molar-refractivity contribution in [3.63, 3.8) is 0 Å². The van der Waals surface area contributed by atoms with Crippen LogP contribution < -0.4 is 11.1 Å². The van der Waals surface area contributed by atoms with Gasteiger partial charge in [0.25, 0.3) is 5.91 Å². The van der Waals surface area contributed by atoms with E-state index in [1.54, 1.807) is 19.3 Å². The molecule has 5 nitrogen and oxygen atoms in total. The predicted molar refractivity (Wildman–Crippen MR) is 49.2 cm³/mol. The molecule has 0 saturated carbocycles. The summed E-state index contributed by atoms with van der Waals surface area (Å²) in [7, 11) is 1.73. The van der Waals surface area contributed by atoms with E-state index in [0.29, 0.717) is 18.8 Å². The van der Waals surface area contributed by atoms with E-state index in [9.17, 15) is 4.79 Å². The van der Waals surface area contributed by atoms with Crippen molar-refractivity contribution in [2.45, 2.75) is 6.42 Å². The number of nitrogens with one attached hydrogen (secondary N) is 1. The summed E-state index contributed by atoms with van der Waals surface area (Å²) in [5.74, 6) is -0.103. The summed E-state index contributed by atoms with van der Waals surface area (Å²) in [5, 5.41) is 6.64. The van der Waals surface area contributed by atoms with Gasteiger partial charge in [-0.3, -0.25) is 9.48 Å². The molecule has 0 atom stereocenters. The van der Waals surface area contributed by atoms with Crippen LogP contribution in [0.1, 0.15) is 16.9 Å². The zero-order valence-corrected chi connectivity index (χ0v) is 7.66. The van der Waals surface area contributed by atoms with Crippen LogP contribution in [0.4, 0.5) is 0 Å². The summed E-state index contributed by atoms with van der Waals surface area (Å²) < 4.78 is 1.54. The molecule has 0 saturated heterocycles. The van der Waals surface area contributed by atoms with Gasteiger partial charge in [0.1, 0.15) is 5.69 Å². The molecule has 0 unspecified atom stereocenters.